The third-order valence-electron chi connectivity index (χ3n) is 6.77. The molecule has 4 heterocycles. The molecule has 1 fully saturated rings. The number of hydrogen-bond donors (Lipinski definition) is 0. The number of halogens is 1. The standard InChI is InChI=1S/C28H30ClN5OSi/c1-36(2,3)13-12-35-18-33-17-21(16-31-33)20-14-23-25(30-15-20)10-11-34-27(19-8-9-19)26(32-28(23)34)22-6-4-5-7-24(22)29/h4-7,10-11,14-17,19H,8-9,12-13,18H2,1-3H3. The van der Waals surface area contributed by atoms with Crippen LogP contribution < -0.4 is 0 Å². The number of benzene rings is 1. The molecule has 0 amide bonds. The van der Waals surface area contributed by atoms with Crippen molar-refractivity contribution in [2.45, 2.75) is 51.2 Å². The van der Waals surface area contributed by atoms with E-state index in [1.807, 2.05) is 41.5 Å². The number of nitrogens with zero attached hydrogens (tertiary/aromatic N) is 5. The minimum atomic E-state index is -1.10. The van der Waals surface area contributed by atoms with Gasteiger partial charge >= 0.3 is 0 Å². The molecule has 1 aliphatic rings. The monoisotopic (exact) mass is 515 g/mol. The number of fused-ring (bicyclic) bond motifs is 3. The van der Waals surface area contributed by atoms with Crippen LogP contribution in [0.4, 0.5) is 0 Å². The van der Waals surface area contributed by atoms with E-state index in [9.17, 15) is 0 Å². The summed E-state index contributed by atoms with van der Waals surface area (Å²) in [4.78, 5) is 9.91. The van der Waals surface area contributed by atoms with Crippen molar-refractivity contribution in [2.24, 2.45) is 0 Å². The molecule has 4 aromatic heterocycles. The smallest absolute Gasteiger partial charge is 0.147 e. The van der Waals surface area contributed by atoms with Gasteiger partial charge in [-0.05, 0) is 37.1 Å². The minimum Gasteiger partial charge on any atom is -0.360 e. The van der Waals surface area contributed by atoms with Crippen LogP contribution in [0.15, 0.2) is 61.2 Å². The first-order valence-electron chi connectivity index (χ1n) is 12.5. The Bertz CT molecular complexity index is 1560. The van der Waals surface area contributed by atoms with Crippen molar-refractivity contribution in [2.75, 3.05) is 6.61 Å². The first kappa shape index (κ1) is 23.4. The summed E-state index contributed by atoms with van der Waals surface area (Å²) in [6, 6.07) is 13.4. The Morgan fingerprint density at radius 2 is 1.92 bits per heavy atom. The van der Waals surface area contributed by atoms with Crippen molar-refractivity contribution < 1.29 is 4.74 Å². The largest absolute Gasteiger partial charge is 0.360 e. The van der Waals surface area contributed by atoms with E-state index >= 15 is 0 Å². The molecule has 5 aromatic rings. The van der Waals surface area contributed by atoms with Gasteiger partial charge in [0, 0.05) is 61.3 Å². The van der Waals surface area contributed by atoms with Gasteiger partial charge in [-0.1, -0.05) is 49.4 Å². The van der Waals surface area contributed by atoms with E-state index in [2.05, 4.69) is 53.5 Å². The minimum absolute atomic E-state index is 0.460. The maximum absolute atomic E-state index is 6.60. The maximum atomic E-state index is 6.60. The first-order chi connectivity index (χ1) is 17.4. The van der Waals surface area contributed by atoms with Crippen molar-refractivity contribution >= 4 is 36.2 Å². The van der Waals surface area contributed by atoms with Gasteiger partial charge in [0.2, 0.25) is 0 Å². The van der Waals surface area contributed by atoms with Crippen molar-refractivity contribution in [3.05, 3.63) is 71.9 Å². The number of hydrogen-bond acceptors (Lipinski definition) is 4. The number of imidazole rings is 1. The van der Waals surface area contributed by atoms with Gasteiger partial charge in [0.05, 0.1) is 28.1 Å². The van der Waals surface area contributed by atoms with E-state index < -0.39 is 8.07 Å². The molecule has 0 N–H and O–H groups in total. The van der Waals surface area contributed by atoms with Crippen LogP contribution >= 0.6 is 11.6 Å². The Balaban J connectivity index is 1.36. The Morgan fingerprint density at radius 1 is 1.08 bits per heavy atom. The Morgan fingerprint density at radius 3 is 2.69 bits per heavy atom. The topological polar surface area (TPSA) is 57.2 Å². The molecule has 184 valence electrons. The van der Waals surface area contributed by atoms with Crippen LogP contribution in [-0.4, -0.2) is 38.8 Å². The number of rotatable bonds is 8. The normalized spacial score (nSPS) is 14.2. The summed E-state index contributed by atoms with van der Waals surface area (Å²) in [7, 11) is -1.10. The average Bonchev–Trinajstić information content (AvgIpc) is 3.44. The molecule has 0 aliphatic heterocycles. The van der Waals surface area contributed by atoms with Crippen LogP contribution in [0.2, 0.25) is 30.7 Å². The first-order valence-corrected chi connectivity index (χ1v) is 16.6. The fourth-order valence-electron chi connectivity index (χ4n) is 4.59. The van der Waals surface area contributed by atoms with Crippen molar-refractivity contribution in [3.8, 4) is 22.4 Å². The lowest BCUT2D eigenvalue weighted by Crippen LogP contribution is -2.22. The zero-order chi connectivity index (χ0) is 24.9. The van der Waals surface area contributed by atoms with Gasteiger partial charge < -0.3 is 9.14 Å². The Kier molecular flexibility index (Phi) is 5.94. The van der Waals surface area contributed by atoms with E-state index in [-0.39, 0.29) is 0 Å². The van der Waals surface area contributed by atoms with Gasteiger partial charge in [0.15, 0.2) is 0 Å². The summed E-state index contributed by atoms with van der Waals surface area (Å²) in [6.07, 6.45) is 10.3. The van der Waals surface area contributed by atoms with Crippen LogP contribution in [-0.2, 0) is 11.5 Å². The molecular weight excluding hydrogens is 486 g/mol. The number of aromatic nitrogens is 5. The summed E-state index contributed by atoms with van der Waals surface area (Å²) < 4.78 is 9.95. The van der Waals surface area contributed by atoms with E-state index in [1.54, 1.807) is 0 Å². The fourth-order valence-corrected chi connectivity index (χ4v) is 5.58. The summed E-state index contributed by atoms with van der Waals surface area (Å²) in [5, 5.41) is 6.26. The van der Waals surface area contributed by atoms with Gasteiger partial charge in [-0.15, -0.1) is 0 Å². The molecule has 1 saturated carbocycles. The predicted molar refractivity (Wildman–Crippen MR) is 148 cm³/mol. The lowest BCUT2D eigenvalue weighted by molar-refractivity contribution is 0.0786. The Labute approximate surface area is 216 Å². The summed E-state index contributed by atoms with van der Waals surface area (Å²) >= 11 is 6.60. The van der Waals surface area contributed by atoms with E-state index in [4.69, 9.17) is 26.3 Å². The van der Waals surface area contributed by atoms with E-state index in [0.717, 1.165) is 56.6 Å². The second kappa shape index (κ2) is 9.14. The molecule has 0 radical (unpaired) electrons. The third-order valence-corrected chi connectivity index (χ3v) is 8.80. The van der Waals surface area contributed by atoms with Crippen LogP contribution in [0.5, 0.6) is 0 Å². The van der Waals surface area contributed by atoms with E-state index in [0.29, 0.717) is 12.6 Å². The molecule has 36 heavy (non-hydrogen) atoms. The van der Waals surface area contributed by atoms with Crippen molar-refractivity contribution in [1.82, 2.24) is 24.1 Å². The molecule has 0 saturated heterocycles. The van der Waals surface area contributed by atoms with Crippen LogP contribution in [0.1, 0.15) is 24.5 Å². The van der Waals surface area contributed by atoms with Crippen molar-refractivity contribution in [1.29, 1.82) is 0 Å². The number of ether oxygens (including phenoxy) is 1. The summed E-state index contributed by atoms with van der Waals surface area (Å²) in [5.74, 6) is 0.513. The van der Waals surface area contributed by atoms with Gasteiger partial charge in [0.25, 0.3) is 0 Å². The predicted octanol–water partition coefficient (Wildman–Crippen LogP) is 7.26. The van der Waals surface area contributed by atoms with Gasteiger partial charge in [-0.3, -0.25) is 4.98 Å². The Hall–Kier alpha value is -3.00. The molecule has 1 aromatic carbocycles. The molecule has 0 unspecified atom stereocenters. The zero-order valence-electron chi connectivity index (χ0n) is 20.9. The molecule has 8 heteroatoms. The van der Waals surface area contributed by atoms with Gasteiger partial charge in [-0.2, -0.15) is 5.10 Å². The highest BCUT2D eigenvalue weighted by Crippen LogP contribution is 2.46. The lowest BCUT2D eigenvalue weighted by Gasteiger charge is -2.15. The quantitative estimate of drug-likeness (QED) is 0.161. The molecule has 1 aliphatic carbocycles. The highest BCUT2D eigenvalue weighted by molar-refractivity contribution is 6.76. The molecule has 0 spiro atoms. The van der Waals surface area contributed by atoms with E-state index in [1.165, 1.54) is 18.5 Å². The number of pyridine rings is 2. The lowest BCUT2D eigenvalue weighted by atomic mass is 10.1. The maximum Gasteiger partial charge on any atom is 0.147 e. The fraction of sp³-hybridized carbons (Fsp3) is 0.321. The second-order valence-corrected chi connectivity index (χ2v) is 16.9. The van der Waals surface area contributed by atoms with Crippen LogP contribution in [0.25, 0.3) is 38.9 Å². The van der Waals surface area contributed by atoms with Gasteiger partial charge in [0.1, 0.15) is 12.4 Å². The molecular formula is C28H30ClN5OSi. The van der Waals surface area contributed by atoms with Gasteiger partial charge in [-0.25, -0.2) is 9.67 Å². The second-order valence-electron chi connectivity index (χ2n) is 10.9. The summed E-state index contributed by atoms with van der Waals surface area (Å²) in [5.41, 5.74) is 7.07. The van der Waals surface area contributed by atoms with Crippen LogP contribution in [0, 0.1) is 0 Å². The third kappa shape index (κ3) is 4.58. The molecule has 0 bridgehead atoms. The highest BCUT2D eigenvalue weighted by atomic mass is 35.5. The van der Waals surface area contributed by atoms with Crippen LogP contribution in [0.3, 0.4) is 0 Å². The SMILES string of the molecule is C[Si](C)(C)CCOCn1cc(-c2cnc3ccn4c(C5CC5)c(-c5ccccc5Cl)nc4c3c2)cn1. The highest BCUT2D eigenvalue weighted by Gasteiger charge is 2.32. The molecule has 6 nitrogen and oxygen atoms in total. The zero-order valence-corrected chi connectivity index (χ0v) is 22.7. The van der Waals surface area contributed by atoms with Crippen molar-refractivity contribution in [3.63, 3.8) is 0 Å². The summed E-state index contributed by atoms with van der Waals surface area (Å²) in [6.45, 7) is 8.31. The molecule has 6 rings (SSSR count). The molecule has 0 atom stereocenters. The average molecular weight is 516 g/mol.